The Kier molecular flexibility index (Phi) is 13.8. The largest absolute Gasteiger partial charge is 0.378 e. The summed E-state index contributed by atoms with van der Waals surface area (Å²) >= 11 is 0. The van der Waals surface area contributed by atoms with Gasteiger partial charge in [0.15, 0.2) is 5.96 Å². The molecule has 2 fully saturated rings. The number of hydrogen-bond acceptors (Lipinski definition) is 4. The van der Waals surface area contributed by atoms with Crippen molar-refractivity contribution in [3.8, 4) is 0 Å². The molecular weight excluding hydrogens is 489 g/mol. The van der Waals surface area contributed by atoms with Gasteiger partial charge >= 0.3 is 0 Å². The number of likely N-dealkylation sites (N-methyl/N-ethyl adjacent to an activating group) is 1. The molecule has 0 spiro atoms. The minimum absolute atomic E-state index is 0. The molecule has 2 rings (SSSR count). The first kappa shape index (κ1) is 27.9. The second kappa shape index (κ2) is 14.9. The second-order valence-electron chi connectivity index (χ2n) is 8.56. The van der Waals surface area contributed by atoms with Crippen molar-refractivity contribution in [2.24, 2.45) is 10.4 Å². The molecule has 1 heterocycles. The highest BCUT2D eigenvalue weighted by Gasteiger charge is 2.53. The van der Waals surface area contributed by atoms with Crippen molar-refractivity contribution in [2.75, 3.05) is 59.0 Å². The van der Waals surface area contributed by atoms with Crippen molar-refractivity contribution in [2.45, 2.75) is 78.9 Å². The summed E-state index contributed by atoms with van der Waals surface area (Å²) in [6, 6.07) is 0.460. The van der Waals surface area contributed by atoms with Gasteiger partial charge in [0, 0.05) is 57.3 Å². The van der Waals surface area contributed by atoms with Crippen LogP contribution in [0.3, 0.4) is 0 Å². The number of rotatable bonds is 12. The quantitative estimate of drug-likeness (QED) is 0.173. The number of halogens is 1. The van der Waals surface area contributed by atoms with Crippen molar-refractivity contribution in [1.29, 1.82) is 0 Å². The zero-order valence-corrected chi connectivity index (χ0v) is 22.5. The molecule has 178 valence electrons. The van der Waals surface area contributed by atoms with Crippen LogP contribution in [0.25, 0.3) is 0 Å². The topological polar surface area (TPSA) is 52.1 Å². The summed E-state index contributed by atoms with van der Waals surface area (Å²) in [5.41, 5.74) is 0.243. The summed E-state index contributed by atoms with van der Waals surface area (Å²) in [5.74, 6) is 0.982. The zero-order valence-electron chi connectivity index (χ0n) is 20.2. The van der Waals surface area contributed by atoms with E-state index in [4.69, 9.17) is 9.73 Å². The summed E-state index contributed by atoms with van der Waals surface area (Å²) in [7, 11) is 0. The minimum Gasteiger partial charge on any atom is -0.378 e. The zero-order chi connectivity index (χ0) is 21.1. The van der Waals surface area contributed by atoms with Crippen LogP contribution >= 0.6 is 24.0 Å². The molecule has 1 aliphatic carbocycles. The van der Waals surface area contributed by atoms with E-state index in [1.165, 1.54) is 45.7 Å². The fourth-order valence-corrected chi connectivity index (χ4v) is 5.04. The van der Waals surface area contributed by atoms with E-state index in [-0.39, 0.29) is 29.4 Å². The molecule has 0 aromatic carbocycles. The normalized spacial score (nSPS) is 24.8. The highest BCUT2D eigenvalue weighted by atomic mass is 127. The molecule has 1 saturated carbocycles. The molecule has 0 aromatic rings. The Morgan fingerprint density at radius 1 is 1.00 bits per heavy atom. The van der Waals surface area contributed by atoms with Gasteiger partial charge in [-0.15, -0.1) is 24.0 Å². The van der Waals surface area contributed by atoms with E-state index < -0.39 is 0 Å². The number of unbranched alkanes of at least 4 members (excludes halogenated alkanes) is 1. The maximum Gasteiger partial charge on any atom is 0.191 e. The molecule has 2 aliphatic rings. The van der Waals surface area contributed by atoms with Gasteiger partial charge in [0.05, 0.1) is 6.10 Å². The van der Waals surface area contributed by atoms with Crippen LogP contribution < -0.4 is 10.6 Å². The van der Waals surface area contributed by atoms with Crippen molar-refractivity contribution >= 4 is 29.9 Å². The van der Waals surface area contributed by atoms with Crippen LogP contribution in [-0.4, -0.2) is 86.9 Å². The predicted molar refractivity (Wildman–Crippen MR) is 139 cm³/mol. The molecule has 30 heavy (non-hydrogen) atoms. The third-order valence-corrected chi connectivity index (χ3v) is 7.19. The van der Waals surface area contributed by atoms with E-state index in [9.17, 15) is 0 Å². The van der Waals surface area contributed by atoms with Gasteiger partial charge in [0.1, 0.15) is 0 Å². The fraction of sp³-hybridized carbons (Fsp3) is 0.957. The molecule has 0 radical (unpaired) electrons. The van der Waals surface area contributed by atoms with E-state index in [2.05, 4.69) is 55.1 Å². The van der Waals surface area contributed by atoms with Crippen LogP contribution in [0.1, 0.15) is 66.7 Å². The lowest BCUT2D eigenvalue weighted by Crippen LogP contribution is -2.65. The van der Waals surface area contributed by atoms with Crippen molar-refractivity contribution in [3.05, 3.63) is 0 Å². The number of piperazine rings is 1. The Balaban J connectivity index is 0.00000450. The lowest BCUT2D eigenvalue weighted by molar-refractivity contribution is -0.133. The van der Waals surface area contributed by atoms with Crippen LogP contribution in [0.2, 0.25) is 0 Å². The minimum atomic E-state index is 0. The Morgan fingerprint density at radius 3 is 2.23 bits per heavy atom. The third kappa shape index (κ3) is 7.48. The molecule has 1 aliphatic heterocycles. The standard InChI is InChI=1S/C23H47N5O.HI/c1-6-23(7-2)20(19-21(23)29-10-5)26-22(24-8-3)25-13-11-12-14-28-17-15-27(9-4)16-18-28;/h20-21H,6-19H2,1-5H3,(H2,24,25,26);1H. The summed E-state index contributed by atoms with van der Waals surface area (Å²) in [5, 5.41) is 7.18. The van der Waals surface area contributed by atoms with Gasteiger partial charge in [0.25, 0.3) is 0 Å². The molecule has 2 atom stereocenters. The lowest BCUT2D eigenvalue weighted by Gasteiger charge is -2.55. The first-order valence-electron chi connectivity index (χ1n) is 12.2. The molecule has 2 N–H and O–H groups in total. The van der Waals surface area contributed by atoms with E-state index in [1.807, 2.05) is 0 Å². The first-order chi connectivity index (χ1) is 14.1. The number of aliphatic imine (C=N–C) groups is 1. The maximum absolute atomic E-state index is 6.02. The Morgan fingerprint density at radius 2 is 1.67 bits per heavy atom. The maximum atomic E-state index is 6.02. The van der Waals surface area contributed by atoms with Gasteiger partial charge in [-0.05, 0) is 59.0 Å². The second-order valence-corrected chi connectivity index (χ2v) is 8.56. The molecule has 0 aromatic heterocycles. The van der Waals surface area contributed by atoms with Gasteiger partial charge in [-0.3, -0.25) is 4.99 Å². The average Bonchev–Trinajstić information content (AvgIpc) is 2.74. The summed E-state index contributed by atoms with van der Waals surface area (Å²) in [4.78, 5) is 10.0. The molecule has 0 amide bonds. The molecule has 1 saturated heterocycles. The number of ether oxygens (including phenoxy) is 1. The SMILES string of the molecule is CCNC(=NCCCCN1CCN(CC)CC1)NC1CC(OCC)C1(CC)CC.I. The Bertz CT molecular complexity index is 478. The van der Waals surface area contributed by atoms with Crippen LogP contribution in [-0.2, 0) is 4.74 Å². The molecule has 6 nitrogen and oxygen atoms in total. The molecule has 0 bridgehead atoms. The summed E-state index contributed by atoms with van der Waals surface area (Å²) in [6.07, 6.45) is 6.16. The fourth-order valence-electron chi connectivity index (χ4n) is 5.04. The van der Waals surface area contributed by atoms with Gasteiger partial charge < -0.3 is 25.2 Å². The van der Waals surface area contributed by atoms with E-state index in [0.29, 0.717) is 12.1 Å². The van der Waals surface area contributed by atoms with Crippen LogP contribution in [0, 0.1) is 5.41 Å². The number of guanidine groups is 1. The van der Waals surface area contributed by atoms with Gasteiger partial charge in [0.2, 0.25) is 0 Å². The highest BCUT2D eigenvalue weighted by Crippen LogP contribution is 2.48. The Hall–Kier alpha value is -0.120. The van der Waals surface area contributed by atoms with Crippen LogP contribution in [0.15, 0.2) is 4.99 Å². The molecule has 2 unspecified atom stereocenters. The van der Waals surface area contributed by atoms with Gasteiger partial charge in [-0.25, -0.2) is 0 Å². The Labute approximate surface area is 203 Å². The van der Waals surface area contributed by atoms with E-state index in [1.54, 1.807) is 0 Å². The number of nitrogens with one attached hydrogen (secondary N) is 2. The van der Waals surface area contributed by atoms with Crippen LogP contribution in [0.5, 0.6) is 0 Å². The lowest BCUT2D eigenvalue weighted by atomic mass is 9.58. The molecule has 7 heteroatoms. The highest BCUT2D eigenvalue weighted by molar-refractivity contribution is 14.0. The monoisotopic (exact) mass is 537 g/mol. The summed E-state index contributed by atoms with van der Waals surface area (Å²) in [6.45, 7) is 21.0. The van der Waals surface area contributed by atoms with Crippen molar-refractivity contribution in [3.63, 3.8) is 0 Å². The number of nitrogens with zero attached hydrogens (tertiary/aromatic N) is 3. The van der Waals surface area contributed by atoms with Gasteiger partial charge in [-0.1, -0.05) is 20.8 Å². The van der Waals surface area contributed by atoms with Gasteiger partial charge in [-0.2, -0.15) is 0 Å². The van der Waals surface area contributed by atoms with E-state index >= 15 is 0 Å². The van der Waals surface area contributed by atoms with Crippen molar-refractivity contribution in [1.82, 2.24) is 20.4 Å². The predicted octanol–water partition coefficient (Wildman–Crippen LogP) is 3.56. The average molecular weight is 538 g/mol. The smallest absolute Gasteiger partial charge is 0.191 e. The van der Waals surface area contributed by atoms with Crippen LogP contribution in [0.4, 0.5) is 0 Å². The third-order valence-electron chi connectivity index (χ3n) is 7.19. The molecular formula is C23H48IN5O. The summed E-state index contributed by atoms with van der Waals surface area (Å²) < 4.78 is 6.02. The van der Waals surface area contributed by atoms with E-state index in [0.717, 1.165) is 51.3 Å². The van der Waals surface area contributed by atoms with Crippen molar-refractivity contribution < 1.29 is 4.74 Å². The first-order valence-corrected chi connectivity index (χ1v) is 12.2. The number of hydrogen-bond donors (Lipinski definition) is 2.